The second-order valence-corrected chi connectivity index (χ2v) is 12.4. The molecule has 5 aliphatic rings. The van der Waals surface area contributed by atoms with Gasteiger partial charge in [0.25, 0.3) is 11.7 Å². The molecule has 5 atom stereocenters. The molecule has 5 aliphatic heterocycles. The first-order valence-corrected chi connectivity index (χ1v) is 16.2. The number of nitrogens with zero attached hydrogens (tertiary/aromatic N) is 2. The average molecular weight is 650 g/mol. The predicted octanol–water partition coefficient (Wildman–Crippen LogP) is -0.0541. The Morgan fingerprint density at radius 2 is 2.11 bits per heavy atom. The molecule has 0 aliphatic carbocycles. The van der Waals surface area contributed by atoms with Gasteiger partial charge >= 0.3 is 12.3 Å². The van der Waals surface area contributed by atoms with Crippen molar-refractivity contribution in [3.05, 3.63) is 47.5 Å². The Kier molecular flexibility index (Phi) is 9.17. The first-order valence-electron chi connectivity index (χ1n) is 16.2. The van der Waals surface area contributed by atoms with E-state index in [2.05, 4.69) is 27.5 Å². The summed E-state index contributed by atoms with van der Waals surface area (Å²) >= 11 is 0. The van der Waals surface area contributed by atoms with Crippen LogP contribution in [0.5, 0.6) is 17.2 Å². The number of unbranched alkanes of at least 4 members (excludes halogenated alkanes) is 3. The number of amidine groups is 1. The fourth-order valence-corrected chi connectivity index (χ4v) is 6.65. The summed E-state index contributed by atoms with van der Waals surface area (Å²) in [4.78, 5) is 35.7. The predicted molar refractivity (Wildman–Crippen MR) is 172 cm³/mol. The lowest BCUT2D eigenvalue weighted by Crippen LogP contribution is -3.36. The second kappa shape index (κ2) is 13.3. The van der Waals surface area contributed by atoms with Crippen molar-refractivity contribution in [2.45, 2.75) is 77.3 Å². The van der Waals surface area contributed by atoms with E-state index in [4.69, 9.17) is 24.4 Å². The molecule has 5 heterocycles. The van der Waals surface area contributed by atoms with Crippen molar-refractivity contribution >= 4 is 35.0 Å². The molecule has 3 unspecified atom stereocenters. The number of hydrogen-bond donors (Lipinski definition) is 6. The molecule has 0 aromatic heterocycles. The number of ether oxygens (including phenoxy) is 4. The lowest BCUT2D eigenvalue weighted by atomic mass is 9.88. The summed E-state index contributed by atoms with van der Waals surface area (Å²) in [5, 5.41) is 25.1. The summed E-state index contributed by atoms with van der Waals surface area (Å²) in [6.07, 6.45) is 12.0. The van der Waals surface area contributed by atoms with Crippen molar-refractivity contribution in [3.8, 4) is 17.2 Å². The number of amides is 1. The van der Waals surface area contributed by atoms with Crippen molar-refractivity contribution in [1.82, 2.24) is 10.6 Å². The molecular weight excluding hydrogens is 606 g/mol. The molecule has 47 heavy (non-hydrogen) atoms. The normalized spacial score (nSPS) is 26.1. The molecule has 6 rings (SSSR count). The van der Waals surface area contributed by atoms with Gasteiger partial charge in [-0.25, -0.2) is 14.7 Å². The molecule has 0 radical (unpaired) electrons. The highest BCUT2D eigenvalue weighted by molar-refractivity contribution is 6.68. The SMILES string of the molecule is CCCCCC[C@](C)(O)[C@@H]1Cc2c(cc3c(c2OC)/C(=C/C[NH+]2C=CNC2[NH+]2CN=C4C(=O)NC(=N)N=C42)C=C(C(=O)OCC)O3)O1. The van der Waals surface area contributed by atoms with E-state index in [1.54, 1.807) is 26.2 Å². The zero-order valence-corrected chi connectivity index (χ0v) is 27.2. The molecule has 1 amide bonds. The Balaban J connectivity index is 1.30. The summed E-state index contributed by atoms with van der Waals surface area (Å²) in [6, 6.07) is 1.77. The van der Waals surface area contributed by atoms with Gasteiger partial charge in [-0.05, 0) is 38.0 Å². The summed E-state index contributed by atoms with van der Waals surface area (Å²) in [5.41, 5.74) is 1.42. The molecule has 14 nitrogen and oxygen atoms in total. The number of hydrogen-bond acceptors (Lipinski definition) is 10. The first kappa shape index (κ1) is 32.4. The van der Waals surface area contributed by atoms with Crippen LogP contribution in [0.2, 0.25) is 0 Å². The number of fused-ring (bicyclic) bond motifs is 3. The molecule has 0 saturated carbocycles. The molecule has 0 bridgehead atoms. The minimum Gasteiger partial charge on any atom is -0.496 e. The standard InChI is InChI=1S/C33H41N7O7/c1-5-7-8-9-11-33(3,43)24-16-20-21(47-24)17-22-25(27(20)44-4)19(15-23(46-22)30(42)45-6-2)10-13-39-14-12-35-32(39)40-18-36-26-28(40)37-31(34)38-29(26)41/h10,12,14-15,17,24,32,35,43H,5-9,11,13,16,18H2,1-4H3,(H2,34,38,41)/p+2/b19-10+/t24-,32?,33-/m0/s1. The van der Waals surface area contributed by atoms with Gasteiger partial charge in [0.2, 0.25) is 17.4 Å². The maximum Gasteiger partial charge on any atom is 0.374 e. The first-order chi connectivity index (χ1) is 22.6. The highest BCUT2D eigenvalue weighted by atomic mass is 16.6. The van der Waals surface area contributed by atoms with Gasteiger partial charge in [-0.2, -0.15) is 9.89 Å². The third-order valence-electron chi connectivity index (χ3n) is 9.12. The van der Waals surface area contributed by atoms with Crippen LogP contribution in [0.4, 0.5) is 0 Å². The van der Waals surface area contributed by atoms with Gasteiger partial charge in [0, 0.05) is 18.1 Å². The number of quaternary nitrogens is 2. The van der Waals surface area contributed by atoms with Crippen LogP contribution in [0.25, 0.3) is 5.57 Å². The van der Waals surface area contributed by atoms with Crippen LogP contribution in [-0.4, -0.2) is 79.4 Å². The molecular formula is C33H43N7O7+2. The number of benzene rings is 1. The van der Waals surface area contributed by atoms with Crippen LogP contribution >= 0.6 is 0 Å². The van der Waals surface area contributed by atoms with E-state index >= 15 is 0 Å². The number of methoxy groups -OCH3 is 1. The van der Waals surface area contributed by atoms with Gasteiger partial charge in [-0.15, -0.1) is 0 Å². The van der Waals surface area contributed by atoms with Gasteiger partial charge in [0.05, 0.1) is 31.1 Å². The smallest absolute Gasteiger partial charge is 0.374 e. The van der Waals surface area contributed by atoms with Crippen molar-refractivity contribution in [1.29, 1.82) is 5.41 Å². The number of carbonyl (C=O) groups is 2. The third-order valence-corrected chi connectivity index (χ3v) is 9.12. The van der Waals surface area contributed by atoms with E-state index in [1.165, 1.54) is 0 Å². The zero-order chi connectivity index (χ0) is 33.3. The highest BCUT2D eigenvalue weighted by Gasteiger charge is 2.46. The van der Waals surface area contributed by atoms with Gasteiger partial charge in [-0.1, -0.05) is 32.6 Å². The molecule has 1 aromatic carbocycles. The Hall–Kier alpha value is -4.53. The van der Waals surface area contributed by atoms with E-state index in [0.717, 1.165) is 41.0 Å². The van der Waals surface area contributed by atoms with Crippen molar-refractivity contribution < 1.29 is 43.4 Å². The minimum absolute atomic E-state index is 0.0380. The van der Waals surface area contributed by atoms with Gasteiger partial charge in [0.1, 0.15) is 36.1 Å². The van der Waals surface area contributed by atoms with E-state index < -0.39 is 23.6 Å². The molecule has 0 saturated heterocycles. The lowest BCUT2D eigenvalue weighted by molar-refractivity contribution is -1.05. The lowest BCUT2D eigenvalue weighted by Gasteiger charge is -2.29. The summed E-state index contributed by atoms with van der Waals surface area (Å²) in [7, 11) is 1.59. The summed E-state index contributed by atoms with van der Waals surface area (Å²) in [6.45, 7) is 6.67. The van der Waals surface area contributed by atoms with Gasteiger partial charge in [0.15, 0.2) is 6.67 Å². The molecule has 0 fully saturated rings. The molecule has 6 N–H and O–H groups in total. The number of allylic oxidation sites excluding steroid dienone is 2. The van der Waals surface area contributed by atoms with Gasteiger partial charge in [-0.3, -0.25) is 20.8 Å². The van der Waals surface area contributed by atoms with Crippen LogP contribution < -0.4 is 34.6 Å². The summed E-state index contributed by atoms with van der Waals surface area (Å²) in [5.74, 6) is 0.756. The Bertz CT molecular complexity index is 1630. The molecule has 0 spiro atoms. The number of aliphatic hydroxyl groups is 1. The Morgan fingerprint density at radius 1 is 1.28 bits per heavy atom. The van der Waals surface area contributed by atoms with Crippen LogP contribution in [0.3, 0.4) is 0 Å². The van der Waals surface area contributed by atoms with Gasteiger partial charge < -0.3 is 24.1 Å². The summed E-state index contributed by atoms with van der Waals surface area (Å²) < 4.78 is 23.7. The van der Waals surface area contributed by atoms with Crippen LogP contribution in [-0.2, 0) is 20.7 Å². The quantitative estimate of drug-likeness (QED) is 0.135. The third kappa shape index (κ3) is 6.27. The Labute approximate surface area is 273 Å². The van der Waals surface area contributed by atoms with Crippen molar-refractivity contribution in [3.63, 3.8) is 0 Å². The number of aliphatic imine (C=N–C) groups is 2. The molecule has 250 valence electrons. The van der Waals surface area contributed by atoms with E-state index in [1.807, 2.05) is 25.4 Å². The van der Waals surface area contributed by atoms with Crippen LogP contribution in [0.15, 0.2) is 46.4 Å². The fraction of sp³-hybridized carbons (Fsp3) is 0.485. The number of guanidine groups is 1. The zero-order valence-electron chi connectivity index (χ0n) is 27.2. The second-order valence-electron chi connectivity index (χ2n) is 12.4. The van der Waals surface area contributed by atoms with Crippen LogP contribution in [0, 0.1) is 5.41 Å². The van der Waals surface area contributed by atoms with Crippen molar-refractivity contribution in [2.75, 3.05) is 26.9 Å². The van der Waals surface area contributed by atoms with E-state index in [9.17, 15) is 14.7 Å². The minimum atomic E-state index is -1.04. The van der Waals surface area contributed by atoms with Crippen LogP contribution in [0.1, 0.15) is 64.0 Å². The van der Waals surface area contributed by atoms with E-state index in [0.29, 0.717) is 60.3 Å². The topological polar surface area (TPSA) is 173 Å². The van der Waals surface area contributed by atoms with Crippen molar-refractivity contribution in [2.24, 2.45) is 9.98 Å². The number of carbonyl (C=O) groups excluding carboxylic acids is 2. The highest BCUT2D eigenvalue weighted by Crippen LogP contribution is 2.50. The maximum atomic E-state index is 12.9. The number of esters is 1. The van der Waals surface area contributed by atoms with E-state index in [-0.39, 0.29) is 30.3 Å². The molecule has 1 aromatic rings. The molecule has 14 heteroatoms. The number of rotatable bonds is 12. The average Bonchev–Trinajstić information content (AvgIpc) is 3.79. The monoisotopic (exact) mass is 649 g/mol. The maximum absolute atomic E-state index is 12.9. The fourth-order valence-electron chi connectivity index (χ4n) is 6.65. The number of nitrogens with one attached hydrogen (secondary N) is 5. The Morgan fingerprint density at radius 3 is 2.87 bits per heavy atom. The largest absolute Gasteiger partial charge is 0.496 e.